The lowest BCUT2D eigenvalue weighted by molar-refractivity contribution is 0.138. The molecule has 1 amide bonds. The highest BCUT2D eigenvalue weighted by molar-refractivity contribution is 7.62. The summed E-state index contributed by atoms with van der Waals surface area (Å²) in [7, 11) is -2.56. The van der Waals surface area contributed by atoms with Crippen LogP contribution in [-0.2, 0) is 15.9 Å². The van der Waals surface area contributed by atoms with E-state index in [-0.39, 0.29) is 6.61 Å². The first-order chi connectivity index (χ1) is 10.5. The van der Waals surface area contributed by atoms with Gasteiger partial charge in [0.15, 0.2) is 0 Å². The fraction of sp³-hybridized carbons (Fsp3) is 0.235. The van der Waals surface area contributed by atoms with Crippen LogP contribution in [0.2, 0.25) is 0 Å². The van der Waals surface area contributed by atoms with Crippen LogP contribution in [0.25, 0.3) is 0 Å². The number of amides is 1. The Kier molecular flexibility index (Phi) is 5.40. The summed E-state index contributed by atoms with van der Waals surface area (Å²) in [5.74, 6) is -0.544. The maximum atomic E-state index is 12.5. The molecular weight excluding hydrogens is 297 g/mol. The molecule has 0 aliphatic carbocycles. The zero-order valence-electron chi connectivity index (χ0n) is 12.7. The van der Waals surface area contributed by atoms with Gasteiger partial charge in [-0.25, -0.2) is 4.79 Å². The molecule has 5 heteroatoms. The van der Waals surface area contributed by atoms with E-state index < -0.39 is 19.0 Å². The van der Waals surface area contributed by atoms with Crippen molar-refractivity contribution in [1.29, 1.82) is 0 Å². The van der Waals surface area contributed by atoms with Gasteiger partial charge in [0.25, 0.3) is 0 Å². The molecule has 0 heterocycles. The van der Waals surface area contributed by atoms with Crippen LogP contribution >= 0.6 is 7.14 Å². The molecule has 0 radical (unpaired) electrons. The number of carbonyl (C=O) groups is 1. The summed E-state index contributed by atoms with van der Waals surface area (Å²) < 4.78 is 17.7. The van der Waals surface area contributed by atoms with Crippen molar-refractivity contribution in [2.45, 2.75) is 12.4 Å². The molecule has 22 heavy (non-hydrogen) atoms. The summed E-state index contributed by atoms with van der Waals surface area (Å²) in [6.45, 7) is 3.50. The number of ether oxygens (including phenoxy) is 1. The smallest absolute Gasteiger partial charge is 0.408 e. The molecular formula is C17H20NO3P. The number of nitrogens with one attached hydrogen (secondary N) is 1. The molecule has 0 saturated carbocycles. The van der Waals surface area contributed by atoms with Gasteiger partial charge in [0, 0.05) is 0 Å². The van der Waals surface area contributed by atoms with E-state index in [2.05, 4.69) is 5.32 Å². The first-order valence-corrected chi connectivity index (χ1v) is 9.70. The van der Waals surface area contributed by atoms with Crippen LogP contribution in [-0.4, -0.2) is 19.4 Å². The van der Waals surface area contributed by atoms with Gasteiger partial charge in [0.1, 0.15) is 19.5 Å². The average Bonchev–Trinajstić information content (AvgIpc) is 2.51. The van der Waals surface area contributed by atoms with Crippen molar-refractivity contribution in [1.82, 2.24) is 5.32 Å². The highest BCUT2D eigenvalue weighted by Crippen LogP contribution is 2.50. The maximum Gasteiger partial charge on any atom is 0.408 e. The Balaban J connectivity index is 2.02. The molecule has 0 spiro atoms. The minimum absolute atomic E-state index is 0.186. The third-order valence-electron chi connectivity index (χ3n) is 3.20. The van der Waals surface area contributed by atoms with Gasteiger partial charge in [-0.15, -0.1) is 0 Å². The number of rotatable bonds is 5. The van der Waals surface area contributed by atoms with Gasteiger partial charge in [0.05, 0.1) is 0 Å². The number of carbonyl (C=O) groups excluding carboxylic acids is 1. The van der Waals surface area contributed by atoms with E-state index in [9.17, 15) is 9.36 Å². The Morgan fingerprint density at radius 2 is 1.59 bits per heavy atom. The Bertz CT molecular complexity index is 652. The molecule has 0 fully saturated rings. The third-order valence-corrected chi connectivity index (χ3v) is 4.88. The molecule has 1 unspecified atom stereocenters. The fourth-order valence-corrected chi connectivity index (χ4v) is 3.42. The van der Waals surface area contributed by atoms with Gasteiger partial charge in [-0.05, 0) is 24.5 Å². The largest absolute Gasteiger partial charge is 0.445 e. The minimum Gasteiger partial charge on any atom is -0.445 e. The van der Waals surface area contributed by atoms with E-state index in [1.54, 1.807) is 13.3 Å². The molecule has 116 valence electrons. The number of alkyl carbamates (subject to hydrolysis) is 1. The molecule has 2 rings (SSSR count). The molecule has 2 aromatic rings. The lowest BCUT2D eigenvalue weighted by Gasteiger charge is -2.23. The fourth-order valence-electron chi connectivity index (χ4n) is 2.11. The van der Waals surface area contributed by atoms with E-state index in [0.29, 0.717) is 0 Å². The number of hydrogen-bond acceptors (Lipinski definition) is 3. The second-order valence-corrected chi connectivity index (χ2v) is 8.84. The van der Waals surface area contributed by atoms with E-state index in [1.807, 2.05) is 60.7 Å². The van der Waals surface area contributed by atoms with Crippen LogP contribution in [0.15, 0.2) is 60.7 Å². The standard InChI is InChI=1S/C17H20NO3P/c1-22(2,20)16(15-11-7-4-8-12-15)18-17(19)21-13-14-9-5-3-6-10-14/h3-12,16H,13H2,1-2H3,(H,18,19). The first kappa shape index (κ1) is 16.3. The van der Waals surface area contributed by atoms with E-state index in [0.717, 1.165) is 11.1 Å². The van der Waals surface area contributed by atoms with E-state index >= 15 is 0 Å². The topological polar surface area (TPSA) is 55.4 Å². The van der Waals surface area contributed by atoms with Crippen molar-refractivity contribution in [2.24, 2.45) is 0 Å². The van der Waals surface area contributed by atoms with Crippen molar-refractivity contribution in [3.05, 3.63) is 71.8 Å². The van der Waals surface area contributed by atoms with Gasteiger partial charge in [0.2, 0.25) is 0 Å². The molecule has 0 aliphatic heterocycles. The van der Waals surface area contributed by atoms with Crippen LogP contribution in [0.3, 0.4) is 0 Å². The Morgan fingerprint density at radius 1 is 1.05 bits per heavy atom. The third kappa shape index (κ3) is 4.74. The highest BCUT2D eigenvalue weighted by Gasteiger charge is 2.27. The van der Waals surface area contributed by atoms with Gasteiger partial charge in [-0.2, -0.15) is 0 Å². The van der Waals surface area contributed by atoms with Gasteiger partial charge in [-0.3, -0.25) is 0 Å². The highest BCUT2D eigenvalue weighted by atomic mass is 31.2. The molecule has 1 N–H and O–H groups in total. The summed E-state index contributed by atoms with van der Waals surface area (Å²) in [6.07, 6.45) is -0.568. The molecule has 0 aromatic heterocycles. The molecule has 1 atom stereocenters. The molecule has 2 aromatic carbocycles. The van der Waals surface area contributed by atoms with Crippen molar-refractivity contribution < 1.29 is 14.1 Å². The maximum absolute atomic E-state index is 12.5. The Morgan fingerprint density at radius 3 is 2.14 bits per heavy atom. The van der Waals surface area contributed by atoms with E-state index in [1.165, 1.54) is 0 Å². The zero-order valence-corrected chi connectivity index (χ0v) is 13.6. The van der Waals surface area contributed by atoms with Crippen molar-refractivity contribution in [3.63, 3.8) is 0 Å². The number of benzene rings is 2. The Hall–Kier alpha value is -2.06. The van der Waals surface area contributed by atoms with Crippen molar-refractivity contribution in [2.75, 3.05) is 13.3 Å². The summed E-state index contributed by atoms with van der Waals surface area (Å²) in [5.41, 5.74) is 1.72. The van der Waals surface area contributed by atoms with Crippen molar-refractivity contribution >= 4 is 13.2 Å². The minimum atomic E-state index is -2.56. The van der Waals surface area contributed by atoms with Gasteiger partial charge < -0.3 is 14.6 Å². The second kappa shape index (κ2) is 7.28. The summed E-state index contributed by atoms with van der Waals surface area (Å²) in [6, 6.07) is 18.7. The molecule has 0 bridgehead atoms. The number of hydrogen-bond donors (Lipinski definition) is 1. The second-order valence-electron chi connectivity index (χ2n) is 5.45. The Labute approximate surface area is 130 Å². The van der Waals surface area contributed by atoms with Crippen molar-refractivity contribution in [3.8, 4) is 0 Å². The monoisotopic (exact) mass is 317 g/mol. The summed E-state index contributed by atoms with van der Waals surface area (Å²) in [4.78, 5) is 12.0. The van der Waals surface area contributed by atoms with Crippen LogP contribution < -0.4 is 5.32 Å². The lowest BCUT2D eigenvalue weighted by Crippen LogP contribution is -2.28. The quantitative estimate of drug-likeness (QED) is 0.839. The van der Waals surface area contributed by atoms with Gasteiger partial charge >= 0.3 is 6.09 Å². The van der Waals surface area contributed by atoms with Crippen LogP contribution in [0.5, 0.6) is 0 Å². The zero-order chi connectivity index (χ0) is 16.0. The molecule has 0 aliphatic rings. The van der Waals surface area contributed by atoms with Gasteiger partial charge in [-0.1, -0.05) is 60.7 Å². The normalized spacial score (nSPS) is 12.5. The lowest BCUT2D eigenvalue weighted by atomic mass is 10.2. The SMILES string of the molecule is CP(C)(=O)C(NC(=O)OCc1ccccc1)c1ccccc1. The van der Waals surface area contributed by atoms with Crippen LogP contribution in [0, 0.1) is 0 Å². The average molecular weight is 317 g/mol. The summed E-state index contributed by atoms with van der Waals surface area (Å²) in [5, 5.41) is 2.72. The van der Waals surface area contributed by atoms with Crippen LogP contribution in [0.4, 0.5) is 4.79 Å². The predicted octanol–water partition coefficient (Wildman–Crippen LogP) is 4.23. The van der Waals surface area contributed by atoms with E-state index in [4.69, 9.17) is 4.74 Å². The van der Waals surface area contributed by atoms with Crippen LogP contribution in [0.1, 0.15) is 16.9 Å². The summed E-state index contributed by atoms with van der Waals surface area (Å²) >= 11 is 0. The molecule has 0 saturated heterocycles. The molecule has 4 nitrogen and oxygen atoms in total. The predicted molar refractivity (Wildman–Crippen MR) is 88.4 cm³/mol. The first-order valence-electron chi connectivity index (χ1n) is 7.03.